The van der Waals surface area contributed by atoms with Crippen molar-refractivity contribution in [3.8, 4) is 11.5 Å². The highest BCUT2D eigenvalue weighted by atomic mass is 32.3. The lowest BCUT2D eigenvalue weighted by atomic mass is 10.2. The van der Waals surface area contributed by atoms with Gasteiger partial charge in [0.1, 0.15) is 0 Å². The van der Waals surface area contributed by atoms with Crippen LogP contribution in [0.25, 0.3) is 6.08 Å². The lowest BCUT2D eigenvalue weighted by Gasteiger charge is -2.08. The van der Waals surface area contributed by atoms with Crippen molar-refractivity contribution in [2.75, 3.05) is 0 Å². The van der Waals surface area contributed by atoms with Gasteiger partial charge in [0, 0.05) is 6.08 Å². The van der Waals surface area contributed by atoms with Crippen LogP contribution in [0.15, 0.2) is 24.3 Å². The number of rotatable bonds is 6. The van der Waals surface area contributed by atoms with Gasteiger partial charge in [0.05, 0.1) is 0 Å². The Kier molecular flexibility index (Phi) is 4.90. The summed E-state index contributed by atoms with van der Waals surface area (Å²) in [7, 11) is -9.96. The molecule has 0 fully saturated rings. The molecule has 0 spiro atoms. The first-order chi connectivity index (χ1) is 9.46. The topological polar surface area (TPSA) is 164 Å². The minimum Gasteiger partial charge on any atom is -0.478 e. The molecule has 1 aromatic rings. The van der Waals surface area contributed by atoms with Crippen molar-refractivity contribution in [2.24, 2.45) is 0 Å². The number of hydrogen-bond acceptors (Lipinski definition) is 7. The zero-order valence-electron chi connectivity index (χ0n) is 9.90. The lowest BCUT2D eigenvalue weighted by molar-refractivity contribution is -0.131. The molecule has 1 aromatic carbocycles. The molecular weight excluding hydrogens is 332 g/mol. The van der Waals surface area contributed by atoms with Crippen molar-refractivity contribution < 1.29 is 44.2 Å². The summed E-state index contributed by atoms with van der Waals surface area (Å²) in [5.41, 5.74) is 0.0961. The zero-order chi connectivity index (χ0) is 16.3. The van der Waals surface area contributed by atoms with Gasteiger partial charge in [-0.2, -0.15) is 16.8 Å². The van der Waals surface area contributed by atoms with Crippen molar-refractivity contribution in [2.45, 2.75) is 0 Å². The number of benzene rings is 1. The van der Waals surface area contributed by atoms with E-state index in [-0.39, 0.29) is 5.56 Å². The Morgan fingerprint density at radius 3 is 2.00 bits per heavy atom. The van der Waals surface area contributed by atoms with Crippen LogP contribution in [0, 0.1) is 0 Å². The minimum absolute atomic E-state index is 0.0961. The number of aliphatic carboxylic acids is 1. The molecule has 0 aromatic heterocycles. The van der Waals surface area contributed by atoms with E-state index in [1.54, 1.807) is 0 Å². The van der Waals surface area contributed by atoms with E-state index in [2.05, 4.69) is 8.37 Å². The second kappa shape index (κ2) is 6.09. The molecule has 0 atom stereocenters. The Balaban J connectivity index is 3.29. The van der Waals surface area contributed by atoms with Gasteiger partial charge in [-0.25, -0.2) is 4.79 Å². The van der Waals surface area contributed by atoms with Gasteiger partial charge in [0.15, 0.2) is 11.5 Å². The smallest absolute Gasteiger partial charge is 0.446 e. The van der Waals surface area contributed by atoms with Crippen LogP contribution in [0.5, 0.6) is 11.5 Å². The van der Waals surface area contributed by atoms with Gasteiger partial charge in [0.25, 0.3) is 0 Å². The average molecular weight is 340 g/mol. The molecule has 0 unspecified atom stereocenters. The van der Waals surface area contributed by atoms with Gasteiger partial charge < -0.3 is 13.5 Å². The van der Waals surface area contributed by atoms with E-state index in [0.29, 0.717) is 0 Å². The van der Waals surface area contributed by atoms with Crippen LogP contribution in [-0.2, 0) is 25.6 Å². The second-order valence-corrected chi connectivity index (χ2v) is 5.44. The Morgan fingerprint density at radius 1 is 1.00 bits per heavy atom. The first kappa shape index (κ1) is 16.9. The molecule has 0 saturated carbocycles. The predicted octanol–water partition coefficient (Wildman–Crippen LogP) is 0.148. The maximum atomic E-state index is 10.6. The van der Waals surface area contributed by atoms with Crippen molar-refractivity contribution in [3.63, 3.8) is 0 Å². The van der Waals surface area contributed by atoms with E-state index in [0.717, 1.165) is 30.4 Å². The normalized spacial score (nSPS) is 12.3. The van der Waals surface area contributed by atoms with E-state index in [4.69, 9.17) is 14.2 Å². The summed E-state index contributed by atoms with van der Waals surface area (Å²) in [4.78, 5) is 10.3. The highest BCUT2D eigenvalue weighted by Gasteiger charge is 2.17. The lowest BCUT2D eigenvalue weighted by Crippen LogP contribution is -2.11. The highest BCUT2D eigenvalue weighted by molar-refractivity contribution is 7.81. The van der Waals surface area contributed by atoms with E-state index in [9.17, 15) is 21.6 Å². The molecule has 0 heterocycles. The zero-order valence-corrected chi connectivity index (χ0v) is 11.5. The monoisotopic (exact) mass is 340 g/mol. The molecular formula is C9H8O10S2. The van der Waals surface area contributed by atoms with E-state index >= 15 is 0 Å². The molecule has 1 rings (SSSR count). The van der Waals surface area contributed by atoms with E-state index in [1.807, 2.05) is 0 Å². The quantitative estimate of drug-likeness (QED) is 0.479. The Hall–Kier alpha value is -2.15. The summed E-state index contributed by atoms with van der Waals surface area (Å²) in [6, 6.07) is 2.90. The van der Waals surface area contributed by atoms with Gasteiger partial charge in [-0.3, -0.25) is 9.11 Å². The van der Waals surface area contributed by atoms with Crippen molar-refractivity contribution in [1.82, 2.24) is 0 Å². The third-order valence-electron chi connectivity index (χ3n) is 1.78. The van der Waals surface area contributed by atoms with Gasteiger partial charge in [-0.05, 0) is 23.8 Å². The first-order valence-electron chi connectivity index (χ1n) is 4.85. The largest absolute Gasteiger partial charge is 0.478 e. The molecule has 21 heavy (non-hydrogen) atoms. The van der Waals surface area contributed by atoms with Crippen molar-refractivity contribution in [1.29, 1.82) is 0 Å². The fourth-order valence-electron chi connectivity index (χ4n) is 1.16. The van der Waals surface area contributed by atoms with Crippen LogP contribution in [0.1, 0.15) is 5.56 Å². The molecule has 116 valence electrons. The van der Waals surface area contributed by atoms with E-state index < -0.39 is 38.3 Å². The molecule has 10 nitrogen and oxygen atoms in total. The predicted molar refractivity (Wildman–Crippen MR) is 67.5 cm³/mol. The van der Waals surface area contributed by atoms with Crippen molar-refractivity contribution in [3.05, 3.63) is 29.8 Å². The summed E-state index contributed by atoms with van der Waals surface area (Å²) in [5.74, 6) is -2.80. The van der Waals surface area contributed by atoms with Crippen LogP contribution in [0.2, 0.25) is 0 Å². The average Bonchev–Trinajstić information content (AvgIpc) is 2.25. The highest BCUT2D eigenvalue weighted by Crippen LogP contribution is 2.30. The Morgan fingerprint density at radius 2 is 1.52 bits per heavy atom. The molecule has 12 heteroatoms. The minimum atomic E-state index is -5.00. The molecule has 0 aliphatic heterocycles. The van der Waals surface area contributed by atoms with E-state index in [1.165, 1.54) is 0 Å². The second-order valence-electron chi connectivity index (χ2n) is 3.40. The van der Waals surface area contributed by atoms with Gasteiger partial charge in [-0.1, -0.05) is 6.07 Å². The number of carboxylic acids is 1. The third kappa shape index (κ3) is 6.71. The molecule has 0 aliphatic rings. The standard InChI is InChI=1S/C9H8O10S2/c10-9(11)4-2-6-1-3-7(18-20(12,13)14)8(5-6)19-21(15,16)17/h1-5H,(H,10,11)(H,12,13,14)(H,15,16,17)/b4-2+. The molecule has 0 radical (unpaired) electrons. The maximum absolute atomic E-state index is 10.6. The number of hydrogen-bond donors (Lipinski definition) is 3. The number of carboxylic acid groups (broad SMARTS) is 1. The SMILES string of the molecule is O=C(O)/C=C/c1ccc(OS(=O)(=O)O)c(OS(=O)(=O)O)c1. The fourth-order valence-corrected chi connectivity index (χ4v) is 1.88. The molecule has 0 bridgehead atoms. The van der Waals surface area contributed by atoms with Crippen LogP contribution in [0.3, 0.4) is 0 Å². The van der Waals surface area contributed by atoms with Crippen LogP contribution in [-0.4, -0.2) is 37.0 Å². The summed E-state index contributed by atoms with van der Waals surface area (Å²) in [6.45, 7) is 0. The summed E-state index contributed by atoms with van der Waals surface area (Å²) in [5, 5.41) is 8.45. The van der Waals surface area contributed by atoms with Crippen molar-refractivity contribution >= 4 is 32.8 Å². The van der Waals surface area contributed by atoms with Crippen LogP contribution >= 0.6 is 0 Å². The van der Waals surface area contributed by atoms with Crippen LogP contribution in [0.4, 0.5) is 0 Å². The van der Waals surface area contributed by atoms with Gasteiger partial charge in [0.2, 0.25) is 0 Å². The maximum Gasteiger partial charge on any atom is 0.446 e. The molecule has 3 N–H and O–H groups in total. The van der Waals surface area contributed by atoms with Gasteiger partial charge in [-0.15, -0.1) is 0 Å². The van der Waals surface area contributed by atoms with Crippen LogP contribution < -0.4 is 8.37 Å². The third-order valence-corrected chi connectivity index (χ3v) is 2.56. The fraction of sp³-hybridized carbons (Fsp3) is 0. The molecule has 0 aliphatic carbocycles. The van der Waals surface area contributed by atoms with Gasteiger partial charge >= 0.3 is 26.8 Å². The summed E-state index contributed by atoms with van der Waals surface area (Å²) >= 11 is 0. The summed E-state index contributed by atoms with van der Waals surface area (Å²) in [6.07, 6.45) is 1.76. The first-order valence-corrected chi connectivity index (χ1v) is 7.58. The Bertz CT molecular complexity index is 775. The Labute approximate surface area is 119 Å². The number of carbonyl (C=O) groups is 1. The molecule has 0 saturated heterocycles. The molecule has 0 amide bonds. The summed E-state index contributed by atoms with van der Waals surface area (Å²) < 4.78 is 67.7.